The van der Waals surface area contributed by atoms with Crippen molar-refractivity contribution in [2.75, 3.05) is 0 Å². The summed E-state index contributed by atoms with van der Waals surface area (Å²) in [4.78, 5) is 36.9. The average molecular weight is 462 g/mol. The highest BCUT2D eigenvalue weighted by Crippen LogP contribution is 2.37. The van der Waals surface area contributed by atoms with Gasteiger partial charge in [-0.25, -0.2) is 9.59 Å². The first-order valence-corrected chi connectivity index (χ1v) is 11.4. The van der Waals surface area contributed by atoms with Gasteiger partial charge in [0.2, 0.25) is 5.91 Å². The van der Waals surface area contributed by atoms with Crippen molar-refractivity contribution in [2.45, 2.75) is 52.5 Å². The third-order valence-corrected chi connectivity index (χ3v) is 6.24. The van der Waals surface area contributed by atoms with E-state index in [1.165, 1.54) is 0 Å². The van der Waals surface area contributed by atoms with Gasteiger partial charge in [0.25, 0.3) is 0 Å². The molecule has 0 aliphatic heterocycles. The van der Waals surface area contributed by atoms with E-state index in [1.807, 2.05) is 50.2 Å². The molecule has 0 spiro atoms. The summed E-state index contributed by atoms with van der Waals surface area (Å²) in [6.45, 7) is 5.57. The van der Waals surface area contributed by atoms with Gasteiger partial charge in [-0.05, 0) is 37.5 Å². The number of carboxylic acids is 1. The Morgan fingerprint density at radius 3 is 2.47 bits per heavy atom. The fraction of sp³-hybridized carbons (Fsp3) is 0.296. The van der Waals surface area contributed by atoms with Crippen LogP contribution in [0.4, 0.5) is 0 Å². The van der Waals surface area contributed by atoms with Gasteiger partial charge in [-0.2, -0.15) is 0 Å². The number of aliphatic carboxylic acids is 1. The number of fused-ring (bicyclic) bond motifs is 2. The third-order valence-electron chi connectivity index (χ3n) is 6.24. The number of carbonyl (C=O) groups is 2. The SMILES string of the molecule is CCCC[C@H](NC(=O)Cc1c(C)c2cc3c(-c4ccccc4)coc3c(C)c2oc1=O)C(=O)O. The van der Waals surface area contributed by atoms with Crippen LogP contribution in [0.25, 0.3) is 33.1 Å². The molecule has 1 atom stereocenters. The van der Waals surface area contributed by atoms with Crippen molar-refractivity contribution in [2.24, 2.45) is 0 Å². The van der Waals surface area contributed by atoms with Crippen LogP contribution >= 0.6 is 0 Å². The Kier molecular flexibility index (Phi) is 6.54. The van der Waals surface area contributed by atoms with Crippen molar-refractivity contribution in [1.82, 2.24) is 5.32 Å². The Bertz CT molecular complexity index is 1430. The van der Waals surface area contributed by atoms with E-state index in [4.69, 9.17) is 8.83 Å². The molecule has 0 radical (unpaired) electrons. The van der Waals surface area contributed by atoms with Crippen molar-refractivity contribution in [1.29, 1.82) is 0 Å². The number of benzene rings is 2. The molecule has 2 heterocycles. The second-order valence-corrected chi connectivity index (χ2v) is 8.54. The molecule has 7 nitrogen and oxygen atoms in total. The molecule has 176 valence electrons. The van der Waals surface area contributed by atoms with Gasteiger partial charge >= 0.3 is 11.6 Å². The Hall–Kier alpha value is -3.87. The van der Waals surface area contributed by atoms with E-state index in [1.54, 1.807) is 13.2 Å². The van der Waals surface area contributed by atoms with Crippen molar-refractivity contribution >= 4 is 33.8 Å². The lowest BCUT2D eigenvalue weighted by molar-refractivity contribution is -0.142. The largest absolute Gasteiger partial charge is 0.480 e. The predicted molar refractivity (Wildman–Crippen MR) is 130 cm³/mol. The van der Waals surface area contributed by atoms with Gasteiger partial charge < -0.3 is 19.3 Å². The number of carboxylic acid groups (broad SMARTS) is 1. The zero-order valence-corrected chi connectivity index (χ0v) is 19.4. The molecule has 2 aromatic carbocycles. The molecule has 4 aromatic rings. The van der Waals surface area contributed by atoms with Crippen LogP contribution in [0.5, 0.6) is 0 Å². The number of carbonyl (C=O) groups excluding carboxylic acids is 1. The maximum Gasteiger partial charge on any atom is 0.340 e. The summed E-state index contributed by atoms with van der Waals surface area (Å²) in [7, 11) is 0. The molecule has 2 N–H and O–H groups in total. The van der Waals surface area contributed by atoms with Gasteiger partial charge in [0.15, 0.2) is 0 Å². The summed E-state index contributed by atoms with van der Waals surface area (Å²) in [5.41, 5.74) is 3.92. The fourth-order valence-electron chi connectivity index (χ4n) is 4.31. The molecular weight excluding hydrogens is 434 g/mol. The van der Waals surface area contributed by atoms with Gasteiger partial charge in [-0.1, -0.05) is 50.1 Å². The van der Waals surface area contributed by atoms with Crippen LogP contribution in [-0.4, -0.2) is 23.0 Å². The quantitative estimate of drug-likeness (QED) is 0.352. The van der Waals surface area contributed by atoms with E-state index >= 15 is 0 Å². The number of aryl methyl sites for hydroxylation is 2. The van der Waals surface area contributed by atoms with E-state index in [9.17, 15) is 19.5 Å². The lowest BCUT2D eigenvalue weighted by Gasteiger charge is -2.15. The highest BCUT2D eigenvalue weighted by Gasteiger charge is 2.23. The number of hydrogen-bond donors (Lipinski definition) is 2. The first-order chi connectivity index (χ1) is 16.3. The Morgan fingerprint density at radius 1 is 1.06 bits per heavy atom. The van der Waals surface area contributed by atoms with Crippen LogP contribution < -0.4 is 10.9 Å². The van der Waals surface area contributed by atoms with Crippen LogP contribution in [-0.2, 0) is 16.0 Å². The summed E-state index contributed by atoms with van der Waals surface area (Å²) in [5, 5.41) is 13.5. The van der Waals surface area contributed by atoms with Crippen LogP contribution in [0.15, 0.2) is 56.3 Å². The van der Waals surface area contributed by atoms with E-state index in [0.29, 0.717) is 40.5 Å². The maximum absolute atomic E-state index is 12.8. The molecule has 7 heteroatoms. The second-order valence-electron chi connectivity index (χ2n) is 8.54. The standard InChI is InChI=1S/C27H27NO6/c1-4-5-11-22(26(30)31)28-23(29)13-19-15(2)18-12-20-21(17-9-7-6-8-10-17)14-33-24(20)16(3)25(18)34-27(19)32/h6-10,12,14,22H,4-5,11,13H2,1-3H3,(H,28,29)(H,30,31)/t22-/m0/s1. The van der Waals surface area contributed by atoms with E-state index in [2.05, 4.69) is 5.32 Å². The minimum Gasteiger partial charge on any atom is -0.480 e. The maximum atomic E-state index is 12.8. The van der Waals surface area contributed by atoms with Crippen molar-refractivity contribution in [3.63, 3.8) is 0 Å². The van der Waals surface area contributed by atoms with Gasteiger partial charge in [0.05, 0.1) is 18.2 Å². The van der Waals surface area contributed by atoms with Crippen LogP contribution in [0.2, 0.25) is 0 Å². The van der Waals surface area contributed by atoms with E-state index in [0.717, 1.165) is 22.9 Å². The summed E-state index contributed by atoms with van der Waals surface area (Å²) in [6, 6.07) is 10.8. The highest BCUT2D eigenvalue weighted by atomic mass is 16.4. The fourth-order valence-corrected chi connectivity index (χ4v) is 4.31. The average Bonchev–Trinajstić information content (AvgIpc) is 3.25. The van der Waals surface area contributed by atoms with Crippen LogP contribution in [0.1, 0.15) is 42.9 Å². The van der Waals surface area contributed by atoms with Crippen LogP contribution in [0.3, 0.4) is 0 Å². The Morgan fingerprint density at radius 2 is 1.79 bits per heavy atom. The molecule has 0 unspecified atom stereocenters. The molecule has 0 saturated heterocycles. The number of hydrogen-bond acceptors (Lipinski definition) is 5. The second kappa shape index (κ2) is 9.55. The molecule has 0 aliphatic rings. The molecule has 2 aromatic heterocycles. The van der Waals surface area contributed by atoms with E-state index in [-0.39, 0.29) is 12.0 Å². The van der Waals surface area contributed by atoms with Gasteiger partial charge in [0, 0.05) is 21.9 Å². The lowest BCUT2D eigenvalue weighted by Crippen LogP contribution is -2.42. The summed E-state index contributed by atoms with van der Waals surface area (Å²) < 4.78 is 11.5. The number of unbranched alkanes of at least 4 members (excludes halogenated alkanes) is 1. The van der Waals surface area contributed by atoms with Crippen molar-refractivity contribution in [3.05, 3.63) is 69.8 Å². The Balaban J connectivity index is 1.75. The smallest absolute Gasteiger partial charge is 0.340 e. The van der Waals surface area contributed by atoms with Gasteiger partial charge in [-0.15, -0.1) is 0 Å². The molecule has 0 bridgehead atoms. The normalized spacial score (nSPS) is 12.2. The first-order valence-electron chi connectivity index (χ1n) is 11.4. The predicted octanol–water partition coefficient (Wildman–Crippen LogP) is 5.13. The summed E-state index contributed by atoms with van der Waals surface area (Å²) >= 11 is 0. The minimum absolute atomic E-state index is 0.216. The highest BCUT2D eigenvalue weighted by molar-refractivity contribution is 6.05. The molecule has 0 fully saturated rings. The summed E-state index contributed by atoms with van der Waals surface area (Å²) in [6.07, 6.45) is 3.27. The number of furan rings is 1. The van der Waals surface area contributed by atoms with Gasteiger partial charge in [-0.3, -0.25) is 4.79 Å². The van der Waals surface area contributed by atoms with E-state index < -0.39 is 23.5 Å². The number of amides is 1. The molecule has 1 amide bonds. The Labute approximate surface area is 196 Å². The molecule has 0 saturated carbocycles. The minimum atomic E-state index is -1.09. The number of nitrogens with one attached hydrogen (secondary N) is 1. The van der Waals surface area contributed by atoms with Crippen molar-refractivity contribution in [3.8, 4) is 11.1 Å². The number of rotatable bonds is 8. The molecular formula is C27H27NO6. The third kappa shape index (κ3) is 4.33. The zero-order valence-electron chi connectivity index (χ0n) is 19.4. The lowest BCUT2D eigenvalue weighted by atomic mass is 9.97. The summed E-state index contributed by atoms with van der Waals surface area (Å²) in [5.74, 6) is -1.61. The first kappa shape index (κ1) is 23.3. The topological polar surface area (TPSA) is 110 Å². The van der Waals surface area contributed by atoms with Crippen LogP contribution in [0, 0.1) is 13.8 Å². The zero-order chi connectivity index (χ0) is 24.4. The van der Waals surface area contributed by atoms with Crippen molar-refractivity contribution < 1.29 is 23.5 Å². The van der Waals surface area contributed by atoms with Gasteiger partial charge in [0.1, 0.15) is 17.2 Å². The molecule has 4 rings (SSSR count). The molecule has 0 aliphatic carbocycles. The molecule has 34 heavy (non-hydrogen) atoms. The monoisotopic (exact) mass is 461 g/mol.